The number of carbonyl (C=O) groups excluding carboxylic acids is 1. The molecule has 0 fully saturated rings. The third-order valence-corrected chi connectivity index (χ3v) is 6.77. The van der Waals surface area contributed by atoms with Crippen molar-refractivity contribution in [1.29, 1.82) is 0 Å². The molecule has 3 atom stereocenters. The summed E-state index contributed by atoms with van der Waals surface area (Å²) in [5.74, 6) is 1.13. The number of amides is 1. The number of nitrogens with zero attached hydrogens (tertiary/aromatic N) is 2. The van der Waals surface area contributed by atoms with Crippen molar-refractivity contribution in [3.05, 3.63) is 66.4 Å². The zero-order chi connectivity index (χ0) is 24.8. The minimum absolute atomic E-state index is 0.188. The molecule has 2 N–H and O–H groups in total. The Labute approximate surface area is 218 Å². The van der Waals surface area contributed by atoms with E-state index < -0.39 is 17.7 Å². The Morgan fingerprint density at radius 2 is 2.11 bits per heavy atom. The first-order chi connectivity index (χ1) is 16.8. The molecular formula is C26H30IN3O5. The van der Waals surface area contributed by atoms with Crippen LogP contribution in [-0.4, -0.2) is 49.9 Å². The van der Waals surface area contributed by atoms with E-state index in [0.717, 1.165) is 16.9 Å². The van der Waals surface area contributed by atoms with E-state index in [1.165, 1.54) is 0 Å². The lowest BCUT2D eigenvalue weighted by Gasteiger charge is -2.35. The number of halogens is 1. The van der Waals surface area contributed by atoms with E-state index in [0.29, 0.717) is 29.1 Å². The number of alkyl halides is 1. The highest BCUT2D eigenvalue weighted by Gasteiger charge is 2.32. The molecule has 2 aromatic heterocycles. The topological polar surface area (TPSA) is 107 Å². The van der Waals surface area contributed by atoms with Gasteiger partial charge in [-0.15, -0.1) is 0 Å². The van der Waals surface area contributed by atoms with Gasteiger partial charge in [-0.3, -0.25) is 9.78 Å². The Bertz CT molecular complexity index is 1120. The lowest BCUT2D eigenvalue weighted by molar-refractivity contribution is -0.145. The summed E-state index contributed by atoms with van der Waals surface area (Å²) in [7, 11) is 0. The number of nitrogens with one attached hydrogen (secondary N) is 1. The summed E-state index contributed by atoms with van der Waals surface area (Å²) in [6, 6.07) is 11.6. The Hall–Kier alpha value is -2.50. The lowest BCUT2D eigenvalue weighted by atomic mass is 9.96. The molecule has 1 unspecified atom stereocenters. The first kappa shape index (κ1) is 25.6. The molecule has 186 valence electrons. The molecule has 0 saturated carbocycles. The maximum absolute atomic E-state index is 13.3. The van der Waals surface area contributed by atoms with Crippen LogP contribution in [0.3, 0.4) is 0 Å². The molecular weight excluding hydrogens is 561 g/mol. The van der Waals surface area contributed by atoms with E-state index in [1.54, 1.807) is 18.6 Å². The summed E-state index contributed by atoms with van der Waals surface area (Å²) >= 11 is 2.11. The van der Waals surface area contributed by atoms with Crippen LogP contribution in [0.25, 0.3) is 11.3 Å². The van der Waals surface area contributed by atoms with Crippen molar-refractivity contribution in [1.82, 2.24) is 15.3 Å². The Kier molecular flexibility index (Phi) is 8.40. The second-order valence-corrected chi connectivity index (χ2v) is 10.0. The van der Waals surface area contributed by atoms with Gasteiger partial charge >= 0.3 is 0 Å². The second-order valence-electron chi connectivity index (χ2n) is 9.17. The smallest absolute Gasteiger partial charge is 0.225 e. The first-order valence-electron chi connectivity index (χ1n) is 11.6. The van der Waals surface area contributed by atoms with Crippen LogP contribution in [0.15, 0.2) is 59.4 Å². The van der Waals surface area contributed by atoms with Crippen molar-refractivity contribution in [2.75, 3.05) is 11.0 Å². The van der Waals surface area contributed by atoms with Crippen molar-refractivity contribution in [3.8, 4) is 17.1 Å². The predicted molar refractivity (Wildman–Crippen MR) is 139 cm³/mol. The number of benzene rings is 1. The number of para-hydroxylation sites is 1. The SMILES string of the molecule is CC(C)(NC(=O)[C@H](Cc1ncc(-c2cccnc2)o1)C[C@H](O)CI)OC1COc2ccccc2C1. The van der Waals surface area contributed by atoms with Crippen molar-refractivity contribution in [2.24, 2.45) is 5.92 Å². The van der Waals surface area contributed by atoms with E-state index in [9.17, 15) is 9.90 Å². The third-order valence-electron chi connectivity index (χ3n) is 5.76. The number of ether oxygens (including phenoxy) is 2. The van der Waals surface area contributed by atoms with Gasteiger partial charge in [0.1, 0.15) is 18.1 Å². The van der Waals surface area contributed by atoms with Crippen LogP contribution in [0.1, 0.15) is 31.7 Å². The summed E-state index contributed by atoms with van der Waals surface area (Å²) in [5, 5.41) is 13.3. The van der Waals surface area contributed by atoms with Crippen molar-refractivity contribution in [2.45, 2.75) is 51.0 Å². The van der Waals surface area contributed by atoms with E-state index in [2.05, 4.69) is 37.9 Å². The number of aromatic nitrogens is 2. The number of rotatable bonds is 10. The van der Waals surface area contributed by atoms with Crippen LogP contribution in [0.5, 0.6) is 5.75 Å². The number of oxazole rings is 1. The van der Waals surface area contributed by atoms with Crippen molar-refractivity contribution in [3.63, 3.8) is 0 Å². The Balaban J connectivity index is 1.41. The average Bonchev–Trinajstić information content (AvgIpc) is 3.32. The predicted octanol–water partition coefficient (Wildman–Crippen LogP) is 3.95. The van der Waals surface area contributed by atoms with Crippen LogP contribution in [0.4, 0.5) is 0 Å². The highest BCUT2D eigenvalue weighted by molar-refractivity contribution is 14.1. The molecule has 0 radical (unpaired) electrons. The number of hydrogen-bond acceptors (Lipinski definition) is 7. The standard InChI is InChI=1S/C26H30IN3O5/c1-26(2,35-21-11-17-6-3-4-8-22(17)33-16-21)30-25(32)19(10-20(31)13-27)12-24-29-15-23(34-24)18-7-5-9-28-14-18/h3-9,14-15,19-21,31H,10-13,16H2,1-2H3,(H,30,32)/t19-,20-,21?/m0/s1. The molecule has 9 heteroatoms. The summed E-state index contributed by atoms with van der Waals surface area (Å²) in [6.45, 7) is 4.06. The monoisotopic (exact) mass is 591 g/mol. The van der Waals surface area contributed by atoms with Crippen LogP contribution in [0.2, 0.25) is 0 Å². The molecule has 0 spiro atoms. The first-order valence-corrected chi connectivity index (χ1v) is 13.1. The van der Waals surface area contributed by atoms with Gasteiger partial charge in [-0.2, -0.15) is 0 Å². The molecule has 8 nitrogen and oxygen atoms in total. The normalized spacial score (nSPS) is 17.2. The molecule has 1 aromatic carbocycles. The number of fused-ring (bicyclic) bond motifs is 1. The molecule has 3 heterocycles. The fourth-order valence-corrected chi connectivity index (χ4v) is 4.51. The lowest BCUT2D eigenvalue weighted by Crippen LogP contribution is -2.52. The maximum Gasteiger partial charge on any atom is 0.225 e. The van der Waals surface area contributed by atoms with Crippen LogP contribution in [-0.2, 0) is 22.4 Å². The van der Waals surface area contributed by atoms with Gasteiger partial charge < -0.3 is 24.3 Å². The van der Waals surface area contributed by atoms with Crippen LogP contribution >= 0.6 is 22.6 Å². The highest BCUT2D eigenvalue weighted by Crippen LogP contribution is 2.27. The van der Waals surface area contributed by atoms with E-state index in [4.69, 9.17) is 13.9 Å². The summed E-state index contributed by atoms with van der Waals surface area (Å²) in [6.07, 6.45) is 5.46. The van der Waals surface area contributed by atoms with Gasteiger partial charge in [-0.05, 0) is 44.0 Å². The van der Waals surface area contributed by atoms with E-state index in [-0.39, 0.29) is 24.9 Å². The molecule has 4 rings (SSSR count). The van der Waals surface area contributed by atoms with Crippen molar-refractivity contribution >= 4 is 28.5 Å². The molecule has 1 aliphatic rings. The highest BCUT2D eigenvalue weighted by atomic mass is 127. The summed E-state index contributed by atoms with van der Waals surface area (Å²) < 4.78 is 18.5. The largest absolute Gasteiger partial charge is 0.491 e. The van der Waals surface area contributed by atoms with Crippen LogP contribution < -0.4 is 10.1 Å². The van der Waals surface area contributed by atoms with Gasteiger partial charge in [-0.1, -0.05) is 40.8 Å². The summed E-state index contributed by atoms with van der Waals surface area (Å²) in [5.41, 5.74) is 0.968. The minimum Gasteiger partial charge on any atom is -0.491 e. The number of pyridine rings is 1. The van der Waals surface area contributed by atoms with Gasteiger partial charge in [0.2, 0.25) is 5.91 Å². The number of aliphatic hydroxyl groups is 1. The average molecular weight is 591 g/mol. The number of carbonyl (C=O) groups is 1. The molecule has 0 aliphatic carbocycles. The zero-order valence-electron chi connectivity index (χ0n) is 19.8. The molecule has 3 aromatic rings. The number of aliphatic hydroxyl groups excluding tert-OH is 1. The fraction of sp³-hybridized carbons (Fsp3) is 0.423. The Morgan fingerprint density at radius 1 is 1.29 bits per heavy atom. The molecule has 35 heavy (non-hydrogen) atoms. The number of hydrogen-bond donors (Lipinski definition) is 2. The van der Waals surface area contributed by atoms with Crippen molar-refractivity contribution < 1.29 is 23.8 Å². The molecule has 1 amide bonds. The quantitative estimate of drug-likeness (QED) is 0.209. The van der Waals surface area contributed by atoms with E-state index in [1.807, 2.05) is 50.2 Å². The second kappa shape index (κ2) is 11.5. The molecule has 0 bridgehead atoms. The van der Waals surface area contributed by atoms with Gasteiger partial charge in [-0.25, -0.2) is 4.98 Å². The Morgan fingerprint density at radius 3 is 2.89 bits per heavy atom. The van der Waals surface area contributed by atoms with Gasteiger partial charge in [0.15, 0.2) is 11.7 Å². The van der Waals surface area contributed by atoms with Gasteiger partial charge in [0, 0.05) is 41.1 Å². The molecule has 0 saturated heterocycles. The van der Waals surface area contributed by atoms with Crippen LogP contribution in [0, 0.1) is 5.92 Å². The summed E-state index contributed by atoms with van der Waals surface area (Å²) in [4.78, 5) is 21.8. The third kappa shape index (κ3) is 7.02. The minimum atomic E-state index is -0.928. The fourth-order valence-electron chi connectivity index (χ4n) is 4.15. The van der Waals surface area contributed by atoms with Gasteiger partial charge in [0.05, 0.1) is 18.4 Å². The maximum atomic E-state index is 13.3. The zero-order valence-corrected chi connectivity index (χ0v) is 22.0. The molecule has 1 aliphatic heterocycles. The van der Waals surface area contributed by atoms with E-state index >= 15 is 0 Å². The van der Waals surface area contributed by atoms with Gasteiger partial charge in [0.25, 0.3) is 0 Å².